The van der Waals surface area contributed by atoms with Gasteiger partial charge in [0.15, 0.2) is 5.60 Å². The lowest BCUT2D eigenvalue weighted by molar-refractivity contribution is 0.0255. The minimum absolute atomic E-state index is 0.0188. The molecular formula is C28H25Cl4N3O2. The predicted octanol–water partition coefficient (Wildman–Crippen LogP) is 7.69. The molecule has 0 fully saturated rings. The highest BCUT2D eigenvalue weighted by atomic mass is 35.5. The topological polar surface area (TPSA) is 37.7 Å². The van der Waals surface area contributed by atoms with Gasteiger partial charge in [-0.3, -0.25) is 0 Å². The molecule has 0 spiro atoms. The highest BCUT2D eigenvalue weighted by Crippen LogP contribution is 2.58. The van der Waals surface area contributed by atoms with Crippen LogP contribution >= 0.6 is 46.4 Å². The standard InChI is InChI=1S/C28H25Cl4N3O2/c1-14-21(16-9-7-8-10-18(16)35(14)6)28(17-12-11-15(33(2)3)13-19(17)34(4)5)22-20(27(36)37-28)23(29)25(31)26(32)24(22)30/h7-13H,1-6H3. The summed E-state index contributed by atoms with van der Waals surface area (Å²) in [6, 6.07) is 14.0. The van der Waals surface area contributed by atoms with Crippen molar-refractivity contribution in [2.45, 2.75) is 12.5 Å². The molecular weight excluding hydrogens is 552 g/mol. The Morgan fingerprint density at radius 3 is 2.14 bits per heavy atom. The van der Waals surface area contributed by atoms with Crippen LogP contribution in [-0.2, 0) is 17.4 Å². The molecule has 4 aromatic rings. The van der Waals surface area contributed by atoms with Crippen LogP contribution < -0.4 is 9.80 Å². The maximum atomic E-state index is 13.7. The van der Waals surface area contributed by atoms with E-state index < -0.39 is 11.6 Å². The Bertz CT molecular complexity index is 1610. The van der Waals surface area contributed by atoms with Gasteiger partial charge in [0.1, 0.15) is 0 Å². The smallest absolute Gasteiger partial charge is 0.341 e. The van der Waals surface area contributed by atoms with Crippen LogP contribution in [-0.4, -0.2) is 38.7 Å². The van der Waals surface area contributed by atoms with Crippen LogP contribution in [0.15, 0.2) is 42.5 Å². The fourth-order valence-corrected chi connectivity index (χ4v) is 6.39. The number of fused-ring (bicyclic) bond motifs is 2. The maximum absolute atomic E-state index is 13.7. The summed E-state index contributed by atoms with van der Waals surface area (Å²) in [7, 11) is 9.83. The van der Waals surface area contributed by atoms with Crippen LogP contribution in [0.2, 0.25) is 20.1 Å². The van der Waals surface area contributed by atoms with E-state index in [9.17, 15) is 4.79 Å². The number of para-hydroxylation sites is 1. The molecule has 1 aliphatic rings. The monoisotopic (exact) mass is 575 g/mol. The summed E-state index contributed by atoms with van der Waals surface area (Å²) in [5, 5.41) is 1.16. The number of benzene rings is 3. The van der Waals surface area contributed by atoms with Crippen LogP contribution in [0.3, 0.4) is 0 Å². The van der Waals surface area contributed by atoms with Crippen molar-refractivity contribution in [1.29, 1.82) is 0 Å². The summed E-state index contributed by atoms with van der Waals surface area (Å²) in [5.74, 6) is -0.616. The molecule has 0 saturated carbocycles. The van der Waals surface area contributed by atoms with E-state index in [1.165, 1.54) is 0 Å². The van der Waals surface area contributed by atoms with Crippen molar-refractivity contribution < 1.29 is 9.53 Å². The Morgan fingerprint density at radius 1 is 0.838 bits per heavy atom. The van der Waals surface area contributed by atoms with E-state index in [1.807, 2.05) is 88.4 Å². The molecule has 9 heteroatoms. The summed E-state index contributed by atoms with van der Waals surface area (Å²) in [6.07, 6.45) is 0. The van der Waals surface area contributed by atoms with Crippen molar-refractivity contribution >= 4 is 74.7 Å². The van der Waals surface area contributed by atoms with E-state index in [0.29, 0.717) is 5.56 Å². The molecule has 5 rings (SSSR count). The van der Waals surface area contributed by atoms with Gasteiger partial charge in [-0.05, 0) is 25.1 Å². The molecule has 1 aromatic heterocycles. The van der Waals surface area contributed by atoms with Gasteiger partial charge in [-0.2, -0.15) is 0 Å². The zero-order valence-electron chi connectivity index (χ0n) is 21.2. The molecule has 192 valence electrons. The first-order chi connectivity index (χ1) is 17.4. The Morgan fingerprint density at radius 2 is 1.49 bits per heavy atom. The lowest BCUT2D eigenvalue weighted by Crippen LogP contribution is -2.33. The van der Waals surface area contributed by atoms with Crippen LogP contribution in [0, 0.1) is 6.92 Å². The number of carbonyl (C=O) groups is 1. The average Bonchev–Trinajstić information content (AvgIpc) is 3.32. The SMILES string of the molecule is Cc1c(C2(c3ccc(N(C)C)cc3N(C)C)OC(=O)c3c(Cl)c(Cl)c(Cl)c(Cl)c32)c2ccccc2n1C. The minimum Gasteiger partial charge on any atom is -0.440 e. The number of aromatic nitrogens is 1. The lowest BCUT2D eigenvalue weighted by atomic mass is 9.77. The van der Waals surface area contributed by atoms with E-state index in [1.54, 1.807) is 0 Å². The van der Waals surface area contributed by atoms with Gasteiger partial charge in [-0.25, -0.2) is 4.79 Å². The number of anilines is 2. The quantitative estimate of drug-likeness (QED) is 0.142. The summed E-state index contributed by atoms with van der Waals surface area (Å²) >= 11 is 26.6. The van der Waals surface area contributed by atoms with Crippen LogP contribution in [0.1, 0.15) is 32.7 Å². The molecule has 1 unspecified atom stereocenters. The van der Waals surface area contributed by atoms with Gasteiger partial charge in [0, 0.05) is 79.9 Å². The van der Waals surface area contributed by atoms with Crippen LogP contribution in [0.25, 0.3) is 10.9 Å². The second kappa shape index (κ2) is 9.02. The Kier molecular flexibility index (Phi) is 6.35. The fraction of sp³-hybridized carbons (Fsp3) is 0.250. The second-order valence-electron chi connectivity index (χ2n) is 9.60. The molecule has 1 aliphatic heterocycles. The van der Waals surface area contributed by atoms with Gasteiger partial charge in [0.05, 0.1) is 25.7 Å². The minimum atomic E-state index is -1.45. The zero-order chi connectivity index (χ0) is 27.0. The van der Waals surface area contributed by atoms with E-state index in [4.69, 9.17) is 51.1 Å². The van der Waals surface area contributed by atoms with E-state index in [0.717, 1.165) is 39.1 Å². The van der Waals surface area contributed by atoms with Crippen molar-refractivity contribution in [3.05, 3.63) is 90.5 Å². The third-order valence-electron chi connectivity index (χ3n) is 7.18. The number of carbonyl (C=O) groups excluding carboxylic acids is 1. The molecule has 0 radical (unpaired) electrons. The third kappa shape index (κ3) is 3.55. The summed E-state index contributed by atoms with van der Waals surface area (Å²) < 4.78 is 8.56. The number of nitrogens with zero attached hydrogens (tertiary/aromatic N) is 3. The average molecular weight is 577 g/mol. The molecule has 37 heavy (non-hydrogen) atoms. The van der Waals surface area contributed by atoms with Crippen molar-refractivity contribution in [3.63, 3.8) is 0 Å². The second-order valence-corrected chi connectivity index (χ2v) is 11.1. The van der Waals surface area contributed by atoms with Crippen LogP contribution in [0.5, 0.6) is 0 Å². The van der Waals surface area contributed by atoms with Gasteiger partial charge in [-0.1, -0.05) is 70.7 Å². The first-order valence-electron chi connectivity index (χ1n) is 11.6. The molecule has 0 amide bonds. The van der Waals surface area contributed by atoms with Crippen molar-refractivity contribution in [2.24, 2.45) is 7.05 Å². The molecule has 0 aliphatic carbocycles. The lowest BCUT2D eigenvalue weighted by Gasteiger charge is -2.35. The summed E-state index contributed by atoms with van der Waals surface area (Å²) in [6.45, 7) is 2.00. The number of cyclic esters (lactones) is 1. The number of ether oxygens (including phenoxy) is 1. The number of esters is 1. The summed E-state index contributed by atoms with van der Waals surface area (Å²) in [5.41, 5.74) is 4.29. The number of hydrogen-bond donors (Lipinski definition) is 0. The van der Waals surface area contributed by atoms with E-state index >= 15 is 0 Å². The molecule has 2 heterocycles. The van der Waals surface area contributed by atoms with Crippen molar-refractivity contribution in [1.82, 2.24) is 4.57 Å². The number of halogens is 4. The van der Waals surface area contributed by atoms with Gasteiger partial charge < -0.3 is 19.1 Å². The normalized spacial score (nSPS) is 16.8. The van der Waals surface area contributed by atoms with E-state index in [-0.39, 0.29) is 25.7 Å². The number of aryl methyl sites for hydroxylation is 1. The maximum Gasteiger partial charge on any atom is 0.341 e. The molecule has 0 bridgehead atoms. The zero-order valence-corrected chi connectivity index (χ0v) is 24.2. The molecule has 3 aromatic carbocycles. The third-order valence-corrected chi connectivity index (χ3v) is 8.98. The molecule has 5 nitrogen and oxygen atoms in total. The first kappa shape index (κ1) is 26.1. The molecule has 0 N–H and O–H groups in total. The first-order valence-corrected chi connectivity index (χ1v) is 13.1. The van der Waals surface area contributed by atoms with Gasteiger partial charge in [0.2, 0.25) is 0 Å². The number of hydrogen-bond acceptors (Lipinski definition) is 4. The summed E-state index contributed by atoms with van der Waals surface area (Å²) in [4.78, 5) is 17.7. The fourth-order valence-electron chi connectivity index (χ4n) is 5.33. The van der Waals surface area contributed by atoms with Crippen molar-refractivity contribution in [3.8, 4) is 0 Å². The molecule has 1 atom stereocenters. The Balaban J connectivity index is 2.05. The van der Waals surface area contributed by atoms with Gasteiger partial charge in [0.25, 0.3) is 0 Å². The van der Waals surface area contributed by atoms with Gasteiger partial charge >= 0.3 is 5.97 Å². The Hall–Kier alpha value is -2.57. The van der Waals surface area contributed by atoms with Crippen LogP contribution in [0.4, 0.5) is 11.4 Å². The largest absolute Gasteiger partial charge is 0.440 e. The highest BCUT2D eigenvalue weighted by molar-refractivity contribution is 6.53. The van der Waals surface area contributed by atoms with Gasteiger partial charge in [-0.15, -0.1) is 0 Å². The molecule has 0 saturated heterocycles. The Labute approximate surface area is 236 Å². The predicted molar refractivity (Wildman–Crippen MR) is 155 cm³/mol. The number of rotatable bonds is 4. The highest BCUT2D eigenvalue weighted by Gasteiger charge is 2.55. The van der Waals surface area contributed by atoms with E-state index in [2.05, 4.69) is 10.6 Å². The van der Waals surface area contributed by atoms with Crippen molar-refractivity contribution in [2.75, 3.05) is 38.0 Å².